The maximum atomic E-state index is 13.0. The molecule has 0 atom stereocenters. The maximum Gasteiger partial charge on any atom is 0.343 e. The number of carbonyl (C=O) groups is 1. The van der Waals surface area contributed by atoms with Crippen LogP contribution in [0.5, 0.6) is 17.2 Å². The van der Waals surface area contributed by atoms with E-state index in [9.17, 15) is 9.59 Å². The van der Waals surface area contributed by atoms with E-state index in [1.54, 1.807) is 49.1 Å². The summed E-state index contributed by atoms with van der Waals surface area (Å²) in [6.07, 6.45) is 1.47. The standard InChI is InChI=1S/C26H23NO6/c1-30-23-12-9-18(13-24(23)31-2)27-15-21(26(29)32-3)25(28)20-11-10-19(14-22(20)27)33-16-17-7-5-4-6-8-17/h4-15H,16H2,1-3H3. The molecule has 0 unspecified atom stereocenters. The number of hydrogen-bond donors (Lipinski definition) is 0. The Morgan fingerprint density at radius 2 is 1.64 bits per heavy atom. The molecule has 0 saturated heterocycles. The molecule has 3 aromatic carbocycles. The van der Waals surface area contributed by atoms with Gasteiger partial charge in [-0.25, -0.2) is 4.79 Å². The van der Waals surface area contributed by atoms with Gasteiger partial charge < -0.3 is 23.5 Å². The van der Waals surface area contributed by atoms with E-state index >= 15 is 0 Å². The van der Waals surface area contributed by atoms with Gasteiger partial charge in [0.15, 0.2) is 11.5 Å². The molecule has 7 heteroatoms. The number of esters is 1. The van der Waals surface area contributed by atoms with Gasteiger partial charge in [-0.1, -0.05) is 30.3 Å². The second-order valence-electron chi connectivity index (χ2n) is 7.23. The Kier molecular flexibility index (Phi) is 6.31. The van der Waals surface area contributed by atoms with Gasteiger partial charge in [-0.15, -0.1) is 0 Å². The first-order chi connectivity index (χ1) is 16.0. The van der Waals surface area contributed by atoms with E-state index < -0.39 is 11.4 Å². The van der Waals surface area contributed by atoms with Gasteiger partial charge in [0, 0.05) is 29.4 Å². The Balaban J connectivity index is 1.87. The zero-order valence-corrected chi connectivity index (χ0v) is 18.5. The number of benzene rings is 3. The molecule has 0 N–H and O–H groups in total. The van der Waals surface area contributed by atoms with Crippen LogP contribution < -0.4 is 19.6 Å². The number of fused-ring (bicyclic) bond motifs is 1. The van der Waals surface area contributed by atoms with Crippen LogP contribution in [0.25, 0.3) is 16.6 Å². The first-order valence-corrected chi connectivity index (χ1v) is 10.2. The van der Waals surface area contributed by atoms with E-state index in [-0.39, 0.29) is 5.56 Å². The van der Waals surface area contributed by atoms with Crippen molar-refractivity contribution in [2.75, 3.05) is 21.3 Å². The number of hydrogen-bond acceptors (Lipinski definition) is 6. The molecular formula is C26H23NO6. The molecule has 0 aliphatic carbocycles. The van der Waals surface area contributed by atoms with Gasteiger partial charge in [0.2, 0.25) is 5.43 Å². The van der Waals surface area contributed by atoms with Gasteiger partial charge >= 0.3 is 5.97 Å². The van der Waals surface area contributed by atoms with Crippen LogP contribution in [-0.4, -0.2) is 31.9 Å². The topological polar surface area (TPSA) is 76.0 Å². The lowest BCUT2D eigenvalue weighted by atomic mass is 10.1. The van der Waals surface area contributed by atoms with Crippen molar-refractivity contribution in [3.05, 3.63) is 94.3 Å². The Labute approximate surface area is 190 Å². The first kappa shape index (κ1) is 22.0. The molecule has 0 saturated carbocycles. The van der Waals surface area contributed by atoms with Crippen molar-refractivity contribution >= 4 is 16.9 Å². The average molecular weight is 445 g/mol. The second kappa shape index (κ2) is 9.48. The average Bonchev–Trinajstić information content (AvgIpc) is 2.87. The maximum absolute atomic E-state index is 13.0. The molecule has 0 amide bonds. The molecule has 1 heterocycles. The van der Waals surface area contributed by atoms with Crippen molar-refractivity contribution in [3.8, 4) is 22.9 Å². The molecule has 0 bridgehead atoms. The van der Waals surface area contributed by atoms with Gasteiger partial charge in [-0.2, -0.15) is 0 Å². The lowest BCUT2D eigenvalue weighted by Crippen LogP contribution is -2.19. The molecule has 4 aromatic rings. The van der Waals surface area contributed by atoms with Gasteiger partial charge in [-0.3, -0.25) is 4.79 Å². The molecule has 0 fully saturated rings. The number of carbonyl (C=O) groups excluding carboxylic acids is 1. The highest BCUT2D eigenvalue weighted by molar-refractivity contribution is 5.94. The smallest absolute Gasteiger partial charge is 0.343 e. The summed E-state index contributed by atoms with van der Waals surface area (Å²) in [7, 11) is 4.34. The van der Waals surface area contributed by atoms with Crippen molar-refractivity contribution in [2.24, 2.45) is 0 Å². The van der Waals surface area contributed by atoms with Crippen LogP contribution >= 0.6 is 0 Å². The largest absolute Gasteiger partial charge is 0.493 e. The Morgan fingerprint density at radius 3 is 2.33 bits per heavy atom. The second-order valence-corrected chi connectivity index (χ2v) is 7.23. The van der Waals surface area contributed by atoms with Crippen molar-refractivity contribution in [3.63, 3.8) is 0 Å². The van der Waals surface area contributed by atoms with Crippen LogP contribution in [0.3, 0.4) is 0 Å². The van der Waals surface area contributed by atoms with Crippen molar-refractivity contribution < 1.29 is 23.7 Å². The lowest BCUT2D eigenvalue weighted by Gasteiger charge is -2.16. The van der Waals surface area contributed by atoms with Gasteiger partial charge in [0.05, 0.1) is 26.8 Å². The van der Waals surface area contributed by atoms with E-state index in [4.69, 9.17) is 18.9 Å². The minimum atomic E-state index is -0.708. The Morgan fingerprint density at radius 1 is 0.879 bits per heavy atom. The highest BCUT2D eigenvalue weighted by Crippen LogP contribution is 2.31. The van der Waals surface area contributed by atoms with Crippen LogP contribution in [0, 0.1) is 0 Å². The van der Waals surface area contributed by atoms with E-state index in [2.05, 4.69) is 0 Å². The Hall–Kier alpha value is -4.26. The molecular weight excluding hydrogens is 422 g/mol. The fourth-order valence-corrected chi connectivity index (χ4v) is 3.58. The zero-order chi connectivity index (χ0) is 23.4. The summed E-state index contributed by atoms with van der Waals surface area (Å²) >= 11 is 0. The van der Waals surface area contributed by atoms with Crippen LogP contribution in [0.2, 0.25) is 0 Å². The third-order valence-electron chi connectivity index (χ3n) is 5.28. The van der Waals surface area contributed by atoms with Crippen molar-refractivity contribution in [1.29, 1.82) is 0 Å². The van der Waals surface area contributed by atoms with Crippen molar-refractivity contribution in [2.45, 2.75) is 6.61 Å². The van der Waals surface area contributed by atoms with Gasteiger partial charge in [0.1, 0.15) is 17.9 Å². The number of pyridine rings is 1. The molecule has 0 aliphatic heterocycles. The highest BCUT2D eigenvalue weighted by Gasteiger charge is 2.18. The highest BCUT2D eigenvalue weighted by atomic mass is 16.5. The number of ether oxygens (including phenoxy) is 4. The van der Waals surface area contributed by atoms with E-state index in [0.29, 0.717) is 40.4 Å². The summed E-state index contributed by atoms with van der Waals surface area (Å²) in [6, 6.07) is 20.3. The van der Waals surface area contributed by atoms with Crippen LogP contribution in [0.4, 0.5) is 0 Å². The summed E-state index contributed by atoms with van der Waals surface area (Å²) in [5.74, 6) is 0.955. The third-order valence-corrected chi connectivity index (χ3v) is 5.28. The summed E-state index contributed by atoms with van der Waals surface area (Å²) in [4.78, 5) is 25.3. The van der Waals surface area contributed by atoms with E-state index in [1.165, 1.54) is 13.3 Å². The van der Waals surface area contributed by atoms with Crippen LogP contribution in [-0.2, 0) is 11.3 Å². The minimum absolute atomic E-state index is 0.0715. The molecule has 0 aliphatic rings. The molecule has 0 spiro atoms. The lowest BCUT2D eigenvalue weighted by molar-refractivity contribution is 0.0599. The number of aromatic nitrogens is 1. The quantitative estimate of drug-likeness (QED) is 0.393. The Bertz CT molecular complexity index is 1360. The van der Waals surface area contributed by atoms with Gasteiger partial charge in [0.25, 0.3) is 0 Å². The normalized spacial score (nSPS) is 10.6. The first-order valence-electron chi connectivity index (χ1n) is 10.2. The van der Waals surface area contributed by atoms with Crippen molar-refractivity contribution in [1.82, 2.24) is 4.57 Å². The zero-order valence-electron chi connectivity index (χ0n) is 18.5. The van der Waals surface area contributed by atoms with Crippen LogP contribution in [0.15, 0.2) is 77.7 Å². The van der Waals surface area contributed by atoms with E-state index in [0.717, 1.165) is 5.56 Å². The summed E-state index contributed by atoms with van der Waals surface area (Å²) < 4.78 is 23.3. The predicted octanol–water partition coefficient (Wildman–Crippen LogP) is 4.37. The molecule has 33 heavy (non-hydrogen) atoms. The number of methoxy groups -OCH3 is 3. The minimum Gasteiger partial charge on any atom is -0.493 e. The number of nitrogens with zero attached hydrogens (tertiary/aromatic N) is 1. The molecule has 7 nitrogen and oxygen atoms in total. The predicted molar refractivity (Wildman–Crippen MR) is 125 cm³/mol. The van der Waals surface area contributed by atoms with E-state index in [1.807, 2.05) is 36.4 Å². The molecule has 1 aromatic heterocycles. The van der Waals surface area contributed by atoms with Crippen LogP contribution in [0.1, 0.15) is 15.9 Å². The molecule has 0 radical (unpaired) electrons. The summed E-state index contributed by atoms with van der Waals surface area (Å²) in [5, 5.41) is 0.361. The SMILES string of the molecule is COC(=O)c1cn(-c2ccc(OC)c(OC)c2)c2cc(OCc3ccccc3)ccc2c1=O. The summed E-state index contributed by atoms with van der Waals surface area (Å²) in [5.41, 5.74) is 1.78. The molecule has 4 rings (SSSR count). The monoisotopic (exact) mass is 445 g/mol. The fourth-order valence-electron chi connectivity index (χ4n) is 3.58. The number of rotatable bonds is 7. The van der Waals surface area contributed by atoms with Gasteiger partial charge in [-0.05, 0) is 29.8 Å². The fraction of sp³-hybridized carbons (Fsp3) is 0.154. The third kappa shape index (κ3) is 4.39. The summed E-state index contributed by atoms with van der Waals surface area (Å²) in [6.45, 7) is 0.382. The molecule has 168 valence electrons.